The van der Waals surface area contributed by atoms with Crippen LogP contribution in [0.15, 0.2) is 24.4 Å². The second-order valence-corrected chi connectivity index (χ2v) is 9.17. The Morgan fingerprint density at radius 3 is 2.91 bits per heavy atom. The van der Waals surface area contributed by atoms with E-state index in [-0.39, 0.29) is 24.0 Å². The van der Waals surface area contributed by atoms with Crippen molar-refractivity contribution in [3.8, 4) is 17.3 Å². The molecule has 2 aliphatic rings. The highest BCUT2D eigenvalue weighted by Crippen LogP contribution is 2.37. The SMILES string of the molecule is C[C@H]1CCc2nc(cnc2N)-c2c(nn(C)c2C#N)CN2C(=O)NS(=O)N2c2ccc(F)cc21. The Morgan fingerprint density at radius 2 is 2.15 bits per heavy atom. The highest BCUT2D eigenvalue weighted by Gasteiger charge is 2.39. The van der Waals surface area contributed by atoms with Gasteiger partial charge in [-0.05, 0) is 42.5 Å². The number of carbonyl (C=O) groups is 1. The third-order valence-corrected chi connectivity index (χ3v) is 7.04. The van der Waals surface area contributed by atoms with E-state index in [1.807, 2.05) is 6.92 Å². The number of nitrogens with zero attached hydrogens (tertiary/aromatic N) is 7. The third kappa shape index (κ3) is 3.43. The maximum Gasteiger partial charge on any atom is 0.350 e. The molecule has 3 N–H and O–H groups in total. The Hall–Kier alpha value is -4.05. The molecule has 5 rings (SSSR count). The van der Waals surface area contributed by atoms with Crippen molar-refractivity contribution in [2.24, 2.45) is 7.05 Å². The fourth-order valence-electron chi connectivity index (χ4n) is 4.27. The van der Waals surface area contributed by atoms with Gasteiger partial charge in [-0.1, -0.05) is 6.92 Å². The molecule has 2 atom stereocenters. The van der Waals surface area contributed by atoms with Crippen molar-refractivity contribution in [1.82, 2.24) is 29.5 Å². The van der Waals surface area contributed by atoms with Gasteiger partial charge in [0.1, 0.15) is 23.4 Å². The van der Waals surface area contributed by atoms with Gasteiger partial charge in [-0.3, -0.25) is 4.68 Å². The van der Waals surface area contributed by atoms with Crippen LogP contribution in [0.1, 0.15) is 41.9 Å². The molecule has 0 radical (unpaired) electrons. The molecular formula is C21H20FN9O2S. The van der Waals surface area contributed by atoms with Crippen LogP contribution in [0.5, 0.6) is 0 Å². The number of carbonyl (C=O) groups excluding carboxylic acids is 1. The second kappa shape index (κ2) is 8.07. The molecule has 2 aromatic heterocycles. The first-order valence-electron chi connectivity index (χ1n) is 10.5. The number of hydrogen-bond acceptors (Lipinski definition) is 7. The number of nitriles is 1. The van der Waals surface area contributed by atoms with Crippen LogP contribution in [0.25, 0.3) is 11.3 Å². The Balaban J connectivity index is 1.76. The summed E-state index contributed by atoms with van der Waals surface area (Å²) in [7, 11) is 1.61. The molecule has 2 aliphatic heterocycles. The summed E-state index contributed by atoms with van der Waals surface area (Å²) in [5.74, 6) is -0.375. The molecule has 3 aromatic rings. The molecule has 0 spiro atoms. The van der Waals surface area contributed by atoms with Gasteiger partial charge in [0.15, 0.2) is 0 Å². The first-order valence-corrected chi connectivity index (χ1v) is 11.6. The van der Waals surface area contributed by atoms with E-state index in [2.05, 4.69) is 25.9 Å². The summed E-state index contributed by atoms with van der Waals surface area (Å²) in [5, 5.41) is 15.5. The number of aromatic nitrogens is 4. The molecule has 11 nitrogen and oxygen atoms in total. The molecule has 34 heavy (non-hydrogen) atoms. The number of amides is 2. The van der Waals surface area contributed by atoms with E-state index >= 15 is 0 Å². The van der Waals surface area contributed by atoms with Crippen LogP contribution in [-0.4, -0.2) is 35.0 Å². The molecule has 13 heteroatoms. The van der Waals surface area contributed by atoms with E-state index < -0.39 is 23.0 Å². The normalized spacial score (nSPS) is 19.6. The molecule has 174 valence electrons. The summed E-state index contributed by atoms with van der Waals surface area (Å²) in [6.45, 7) is 1.79. The summed E-state index contributed by atoms with van der Waals surface area (Å²) >= 11 is -1.94. The number of hydrogen-bond donors (Lipinski definition) is 2. The fourth-order valence-corrected chi connectivity index (χ4v) is 5.27. The van der Waals surface area contributed by atoms with Crippen LogP contribution in [0.4, 0.5) is 20.7 Å². The highest BCUT2D eigenvalue weighted by molar-refractivity contribution is 7.85. The van der Waals surface area contributed by atoms with Crippen molar-refractivity contribution < 1.29 is 13.4 Å². The Labute approximate surface area is 196 Å². The maximum absolute atomic E-state index is 14.3. The van der Waals surface area contributed by atoms with Gasteiger partial charge in [-0.25, -0.2) is 33.1 Å². The lowest BCUT2D eigenvalue weighted by Crippen LogP contribution is -2.39. The monoisotopic (exact) mass is 481 g/mol. The summed E-state index contributed by atoms with van der Waals surface area (Å²) in [5.41, 5.74) is 9.04. The van der Waals surface area contributed by atoms with Gasteiger partial charge < -0.3 is 5.73 Å². The number of benzene rings is 1. The zero-order chi connectivity index (χ0) is 24.1. The topological polar surface area (TPSA) is 146 Å². The number of aryl methyl sites for hydroxylation is 2. The van der Waals surface area contributed by atoms with Crippen LogP contribution in [0.3, 0.4) is 0 Å². The third-order valence-electron chi connectivity index (χ3n) is 5.98. The fraction of sp³-hybridized carbons (Fsp3) is 0.286. The Kier molecular flexibility index (Phi) is 5.17. The Morgan fingerprint density at radius 1 is 1.35 bits per heavy atom. The van der Waals surface area contributed by atoms with Crippen molar-refractivity contribution in [3.63, 3.8) is 0 Å². The summed E-state index contributed by atoms with van der Waals surface area (Å²) in [6.07, 6.45) is 2.43. The minimum Gasteiger partial charge on any atom is -0.382 e. The molecule has 1 fully saturated rings. The van der Waals surface area contributed by atoms with Crippen molar-refractivity contribution in [2.75, 3.05) is 10.1 Å². The van der Waals surface area contributed by atoms with Crippen LogP contribution in [-0.2, 0) is 31.2 Å². The highest BCUT2D eigenvalue weighted by atomic mass is 32.2. The van der Waals surface area contributed by atoms with Crippen molar-refractivity contribution >= 4 is 28.7 Å². The number of urea groups is 1. The van der Waals surface area contributed by atoms with Gasteiger partial charge in [0, 0.05) is 7.05 Å². The average Bonchev–Trinajstić information content (AvgIpc) is 3.27. The molecule has 4 heterocycles. The van der Waals surface area contributed by atoms with Gasteiger partial charge in [0.2, 0.25) is 11.2 Å². The van der Waals surface area contributed by atoms with Gasteiger partial charge >= 0.3 is 6.03 Å². The first-order chi connectivity index (χ1) is 16.3. The van der Waals surface area contributed by atoms with Gasteiger partial charge in [-0.2, -0.15) is 14.8 Å². The van der Waals surface area contributed by atoms with Gasteiger partial charge in [0.25, 0.3) is 0 Å². The summed E-state index contributed by atoms with van der Waals surface area (Å²) in [6, 6.07) is 5.65. The second-order valence-electron chi connectivity index (χ2n) is 8.12. The number of fused-ring (bicyclic) bond motifs is 7. The molecule has 1 aromatic carbocycles. The van der Waals surface area contributed by atoms with E-state index in [1.54, 1.807) is 7.05 Å². The molecule has 0 saturated carbocycles. The Bertz CT molecular complexity index is 1400. The lowest BCUT2D eigenvalue weighted by atomic mass is 9.93. The average molecular weight is 482 g/mol. The van der Waals surface area contributed by atoms with Crippen LogP contribution in [0, 0.1) is 17.1 Å². The molecule has 1 saturated heterocycles. The smallest absolute Gasteiger partial charge is 0.350 e. The van der Waals surface area contributed by atoms with Crippen molar-refractivity contribution in [3.05, 3.63) is 52.9 Å². The largest absolute Gasteiger partial charge is 0.382 e. The van der Waals surface area contributed by atoms with E-state index in [9.17, 15) is 18.7 Å². The lowest BCUT2D eigenvalue weighted by molar-refractivity contribution is 0.211. The molecule has 2 bridgehead atoms. The number of nitrogens with one attached hydrogen (secondary N) is 1. The first kappa shape index (κ1) is 21.8. The summed E-state index contributed by atoms with van der Waals surface area (Å²) in [4.78, 5) is 21.8. The molecule has 0 aliphatic carbocycles. The zero-order valence-electron chi connectivity index (χ0n) is 18.3. The number of nitrogens with two attached hydrogens (primary N) is 1. The van der Waals surface area contributed by atoms with E-state index in [4.69, 9.17) is 5.73 Å². The van der Waals surface area contributed by atoms with E-state index in [0.717, 1.165) is 0 Å². The maximum atomic E-state index is 14.3. The van der Waals surface area contributed by atoms with Crippen LogP contribution >= 0.6 is 0 Å². The minimum atomic E-state index is -1.94. The van der Waals surface area contributed by atoms with Crippen LogP contribution in [0.2, 0.25) is 0 Å². The predicted octanol–water partition coefficient (Wildman–Crippen LogP) is 2.05. The van der Waals surface area contributed by atoms with Crippen molar-refractivity contribution in [1.29, 1.82) is 5.26 Å². The number of nitrogen functional groups attached to an aromatic ring is 1. The van der Waals surface area contributed by atoms with Crippen molar-refractivity contribution in [2.45, 2.75) is 32.2 Å². The molecular weight excluding hydrogens is 461 g/mol. The van der Waals surface area contributed by atoms with E-state index in [1.165, 1.54) is 38.5 Å². The van der Waals surface area contributed by atoms with Crippen LogP contribution < -0.4 is 14.9 Å². The van der Waals surface area contributed by atoms with Gasteiger partial charge in [-0.15, -0.1) is 0 Å². The lowest BCUT2D eigenvalue weighted by Gasteiger charge is -2.28. The molecule has 1 unspecified atom stereocenters. The quantitative estimate of drug-likeness (QED) is 0.500. The number of hydrazine groups is 1. The minimum absolute atomic E-state index is 0.116. The standard InChI is InChI=1S/C21H20FN9O2S/c1-11-3-5-14-20(24)25-9-15(26-14)19-16(27-29(2)18(19)8-23)10-30-21(32)28-34(33)31(30)17-6-4-12(22)7-13(11)17/h4,6-7,9,11H,3,5,10H2,1-2H3,(H2,24,25)(H,28,32)/t11-,34?/m0/s1. The summed E-state index contributed by atoms with van der Waals surface area (Å²) < 4.78 is 32.3. The number of halogens is 1. The zero-order valence-corrected chi connectivity index (χ0v) is 19.1. The van der Waals surface area contributed by atoms with Gasteiger partial charge in [0.05, 0.1) is 41.1 Å². The number of anilines is 2. The predicted molar refractivity (Wildman–Crippen MR) is 121 cm³/mol. The number of rotatable bonds is 0. The molecule has 2 amide bonds. The van der Waals surface area contributed by atoms with E-state index in [0.29, 0.717) is 46.7 Å².